The number of aryl methyl sites for hydroxylation is 3. The highest BCUT2D eigenvalue weighted by Gasteiger charge is 2.26. The Labute approximate surface area is 139 Å². The average molecular weight is 322 g/mol. The molecule has 3 aromatic rings. The molecule has 4 nitrogen and oxygen atoms in total. The molecule has 0 saturated heterocycles. The molecular formula is C18H18N4S. The maximum Gasteiger partial charge on any atom is 0.214 e. The van der Waals surface area contributed by atoms with Crippen LogP contribution < -0.4 is 0 Å². The molecule has 2 aromatic heterocycles. The third-order valence-electron chi connectivity index (χ3n) is 4.69. The SMILES string of the molecule is Cc1cc(C)c(-c2nc3sc(C4CCC4)nn3c2C#N)c(C)c1. The predicted octanol–water partition coefficient (Wildman–Crippen LogP) is 4.52. The predicted molar refractivity (Wildman–Crippen MR) is 91.8 cm³/mol. The van der Waals surface area contributed by atoms with E-state index < -0.39 is 0 Å². The molecule has 1 aliphatic carbocycles. The van der Waals surface area contributed by atoms with E-state index in [9.17, 15) is 5.26 Å². The number of imidazole rings is 1. The summed E-state index contributed by atoms with van der Waals surface area (Å²) in [5, 5.41) is 15.5. The summed E-state index contributed by atoms with van der Waals surface area (Å²) in [6, 6.07) is 6.61. The molecule has 0 amide bonds. The molecule has 4 rings (SSSR count). The molecule has 23 heavy (non-hydrogen) atoms. The Balaban J connectivity index is 1.91. The van der Waals surface area contributed by atoms with Gasteiger partial charge in [0.15, 0.2) is 5.69 Å². The molecule has 5 heteroatoms. The van der Waals surface area contributed by atoms with Crippen LogP contribution in [0.15, 0.2) is 12.1 Å². The van der Waals surface area contributed by atoms with Gasteiger partial charge in [-0.15, -0.1) is 0 Å². The summed E-state index contributed by atoms with van der Waals surface area (Å²) in [6.07, 6.45) is 3.70. The van der Waals surface area contributed by atoms with Crippen molar-refractivity contribution in [3.8, 4) is 17.3 Å². The van der Waals surface area contributed by atoms with Crippen LogP contribution in [-0.4, -0.2) is 14.6 Å². The van der Waals surface area contributed by atoms with Crippen molar-refractivity contribution in [1.29, 1.82) is 5.26 Å². The van der Waals surface area contributed by atoms with Gasteiger partial charge in [-0.1, -0.05) is 35.5 Å². The van der Waals surface area contributed by atoms with Crippen molar-refractivity contribution in [2.75, 3.05) is 0 Å². The van der Waals surface area contributed by atoms with Crippen LogP contribution in [0, 0.1) is 32.1 Å². The lowest BCUT2D eigenvalue weighted by Gasteiger charge is -2.21. The second-order valence-electron chi connectivity index (χ2n) is 6.46. The molecule has 0 aliphatic heterocycles. The number of hydrogen-bond acceptors (Lipinski definition) is 4. The fourth-order valence-electron chi connectivity index (χ4n) is 3.41. The molecule has 1 saturated carbocycles. The minimum atomic E-state index is 0.553. The zero-order valence-corrected chi connectivity index (χ0v) is 14.4. The molecule has 116 valence electrons. The number of benzene rings is 1. The summed E-state index contributed by atoms with van der Waals surface area (Å²) in [6.45, 7) is 6.25. The Morgan fingerprint density at radius 3 is 2.48 bits per heavy atom. The highest BCUT2D eigenvalue weighted by atomic mass is 32.1. The van der Waals surface area contributed by atoms with Gasteiger partial charge in [0, 0.05) is 11.5 Å². The number of fused-ring (bicyclic) bond motifs is 1. The van der Waals surface area contributed by atoms with Gasteiger partial charge in [0.05, 0.1) is 0 Å². The van der Waals surface area contributed by atoms with E-state index >= 15 is 0 Å². The molecule has 1 aromatic carbocycles. The van der Waals surface area contributed by atoms with E-state index in [-0.39, 0.29) is 0 Å². The van der Waals surface area contributed by atoms with Crippen LogP contribution in [0.25, 0.3) is 16.2 Å². The zero-order chi connectivity index (χ0) is 16.1. The summed E-state index contributed by atoms with van der Waals surface area (Å²) >= 11 is 1.63. The molecule has 1 aliphatic rings. The maximum absolute atomic E-state index is 9.68. The third kappa shape index (κ3) is 2.17. The van der Waals surface area contributed by atoms with Crippen LogP contribution in [-0.2, 0) is 0 Å². The van der Waals surface area contributed by atoms with E-state index in [1.54, 1.807) is 15.9 Å². The second-order valence-corrected chi connectivity index (χ2v) is 7.44. The van der Waals surface area contributed by atoms with Gasteiger partial charge in [0.2, 0.25) is 4.96 Å². The number of rotatable bonds is 2. The molecule has 0 unspecified atom stereocenters. The van der Waals surface area contributed by atoms with Gasteiger partial charge in [-0.2, -0.15) is 14.9 Å². The lowest BCUT2D eigenvalue weighted by Crippen LogP contribution is -2.08. The summed E-state index contributed by atoms with van der Waals surface area (Å²) in [5.74, 6) is 0.569. The van der Waals surface area contributed by atoms with Gasteiger partial charge in [0.1, 0.15) is 16.8 Å². The van der Waals surface area contributed by atoms with Gasteiger partial charge >= 0.3 is 0 Å². The van der Waals surface area contributed by atoms with Gasteiger partial charge in [0.25, 0.3) is 0 Å². The van der Waals surface area contributed by atoms with Crippen LogP contribution in [0.5, 0.6) is 0 Å². The standard InChI is InChI=1S/C18H18N4S/c1-10-7-11(2)15(12(3)8-10)16-14(9-19)22-18(20-16)23-17(21-22)13-5-4-6-13/h7-8,13H,4-6H2,1-3H3. The van der Waals surface area contributed by atoms with Crippen molar-refractivity contribution >= 4 is 16.3 Å². The summed E-state index contributed by atoms with van der Waals surface area (Å²) < 4.78 is 1.74. The number of aromatic nitrogens is 3. The Morgan fingerprint density at radius 1 is 1.22 bits per heavy atom. The van der Waals surface area contributed by atoms with Gasteiger partial charge in [-0.25, -0.2) is 4.98 Å². The molecule has 0 bridgehead atoms. The first-order valence-electron chi connectivity index (χ1n) is 7.96. The minimum Gasteiger partial charge on any atom is -0.216 e. The van der Waals surface area contributed by atoms with Crippen LogP contribution >= 0.6 is 11.3 Å². The molecule has 0 N–H and O–H groups in total. The minimum absolute atomic E-state index is 0.553. The van der Waals surface area contributed by atoms with E-state index in [4.69, 9.17) is 4.98 Å². The fourth-order valence-corrected chi connectivity index (χ4v) is 4.48. The monoisotopic (exact) mass is 322 g/mol. The van der Waals surface area contributed by atoms with Gasteiger partial charge in [-0.3, -0.25) is 0 Å². The quantitative estimate of drug-likeness (QED) is 0.697. The van der Waals surface area contributed by atoms with Crippen LogP contribution in [0.4, 0.5) is 0 Å². The Bertz CT molecular complexity index is 930. The smallest absolute Gasteiger partial charge is 0.214 e. The first-order chi connectivity index (χ1) is 11.1. The van der Waals surface area contributed by atoms with Gasteiger partial charge in [-0.05, 0) is 44.7 Å². The number of hydrogen-bond donors (Lipinski definition) is 0. The first-order valence-corrected chi connectivity index (χ1v) is 8.78. The lowest BCUT2D eigenvalue weighted by molar-refractivity contribution is 0.415. The van der Waals surface area contributed by atoms with Crippen molar-refractivity contribution in [1.82, 2.24) is 14.6 Å². The molecule has 1 fully saturated rings. The average Bonchev–Trinajstić information content (AvgIpc) is 2.92. The van der Waals surface area contributed by atoms with Crippen molar-refractivity contribution in [3.05, 3.63) is 39.5 Å². The van der Waals surface area contributed by atoms with E-state index in [1.165, 1.54) is 24.8 Å². The van der Waals surface area contributed by atoms with Gasteiger partial charge < -0.3 is 0 Å². The normalized spacial score (nSPS) is 14.9. The number of nitriles is 1. The van der Waals surface area contributed by atoms with E-state index in [1.807, 2.05) is 0 Å². The molecular weight excluding hydrogens is 304 g/mol. The Hall–Kier alpha value is -2.19. The molecule has 0 radical (unpaired) electrons. The highest BCUT2D eigenvalue weighted by molar-refractivity contribution is 7.16. The Kier molecular flexibility index (Phi) is 3.24. The highest BCUT2D eigenvalue weighted by Crippen LogP contribution is 2.39. The maximum atomic E-state index is 9.68. The largest absolute Gasteiger partial charge is 0.216 e. The van der Waals surface area contributed by atoms with E-state index in [0.29, 0.717) is 11.6 Å². The number of nitrogens with zero attached hydrogens (tertiary/aromatic N) is 4. The summed E-state index contributed by atoms with van der Waals surface area (Å²) in [7, 11) is 0. The molecule has 0 spiro atoms. The fraction of sp³-hybridized carbons (Fsp3) is 0.389. The van der Waals surface area contributed by atoms with Crippen molar-refractivity contribution in [2.24, 2.45) is 0 Å². The summed E-state index contributed by atoms with van der Waals surface area (Å²) in [5.41, 5.74) is 5.93. The van der Waals surface area contributed by atoms with E-state index in [2.05, 4.69) is 44.1 Å². The van der Waals surface area contributed by atoms with E-state index in [0.717, 1.165) is 32.4 Å². The van der Waals surface area contributed by atoms with Crippen molar-refractivity contribution in [2.45, 2.75) is 46.0 Å². The lowest BCUT2D eigenvalue weighted by atomic mass is 9.86. The molecule has 2 heterocycles. The van der Waals surface area contributed by atoms with Crippen LogP contribution in [0.1, 0.15) is 52.6 Å². The first kappa shape index (κ1) is 14.4. The second kappa shape index (κ2) is 5.17. The van der Waals surface area contributed by atoms with Crippen LogP contribution in [0.3, 0.4) is 0 Å². The zero-order valence-electron chi connectivity index (χ0n) is 13.6. The van der Waals surface area contributed by atoms with Crippen molar-refractivity contribution < 1.29 is 0 Å². The topological polar surface area (TPSA) is 54.0 Å². The Morgan fingerprint density at radius 2 is 1.91 bits per heavy atom. The van der Waals surface area contributed by atoms with Crippen molar-refractivity contribution in [3.63, 3.8) is 0 Å². The molecule has 0 atom stereocenters. The third-order valence-corrected chi connectivity index (χ3v) is 5.76. The van der Waals surface area contributed by atoms with Crippen LogP contribution in [0.2, 0.25) is 0 Å². The summed E-state index contributed by atoms with van der Waals surface area (Å²) in [4.78, 5) is 5.59.